The molecular weight excluding hydrogens is 484 g/mol. The van der Waals surface area contributed by atoms with Crippen LogP contribution < -0.4 is 15.4 Å². The van der Waals surface area contributed by atoms with Crippen LogP contribution in [0.25, 0.3) is 0 Å². The molecule has 0 fully saturated rings. The molecule has 2 aromatic rings. The molecule has 0 unspecified atom stereocenters. The number of aromatic nitrogens is 1. The number of alkyl halides is 3. The van der Waals surface area contributed by atoms with E-state index < -0.39 is 12.8 Å². The Hall–Kier alpha value is -2.04. The van der Waals surface area contributed by atoms with E-state index in [0.717, 1.165) is 24.2 Å². The van der Waals surface area contributed by atoms with E-state index in [9.17, 15) is 13.2 Å². The summed E-state index contributed by atoms with van der Waals surface area (Å²) in [5.41, 5.74) is 1.87. The summed E-state index contributed by atoms with van der Waals surface area (Å²) in [5, 5.41) is 6.39. The monoisotopic (exact) mass is 508 g/mol. The third kappa shape index (κ3) is 9.77. The lowest BCUT2D eigenvalue weighted by atomic mass is 10.2. The van der Waals surface area contributed by atoms with Gasteiger partial charge in [0.1, 0.15) is 5.75 Å². The summed E-state index contributed by atoms with van der Waals surface area (Å²) in [6.07, 6.45) is -1.81. The Bertz CT molecular complexity index is 709. The number of hydrogen-bond donors (Lipinski definition) is 2. The molecule has 28 heavy (non-hydrogen) atoms. The Balaban J connectivity index is 0.00000392. The molecule has 1 aromatic heterocycles. The van der Waals surface area contributed by atoms with E-state index in [-0.39, 0.29) is 29.7 Å². The van der Waals surface area contributed by atoms with Crippen LogP contribution in [-0.2, 0) is 13.0 Å². The summed E-state index contributed by atoms with van der Waals surface area (Å²) in [6.45, 7) is 2.49. The van der Waals surface area contributed by atoms with Gasteiger partial charge in [0.25, 0.3) is 0 Å². The Morgan fingerprint density at radius 2 is 1.86 bits per heavy atom. The topological polar surface area (TPSA) is 58.5 Å². The number of pyridine rings is 1. The molecule has 0 spiro atoms. The molecule has 2 rings (SSSR count). The van der Waals surface area contributed by atoms with E-state index in [0.29, 0.717) is 19.0 Å². The maximum absolute atomic E-state index is 12.2. The molecule has 154 valence electrons. The van der Waals surface area contributed by atoms with Crippen LogP contribution >= 0.6 is 24.0 Å². The van der Waals surface area contributed by atoms with Crippen molar-refractivity contribution < 1.29 is 17.9 Å². The maximum atomic E-state index is 12.2. The van der Waals surface area contributed by atoms with E-state index in [1.807, 2.05) is 25.1 Å². The summed E-state index contributed by atoms with van der Waals surface area (Å²) in [6, 6.07) is 12.2. The Morgan fingerprint density at radius 3 is 2.46 bits per heavy atom. The fourth-order valence-electron chi connectivity index (χ4n) is 2.22. The zero-order valence-electron chi connectivity index (χ0n) is 15.5. The number of ether oxygens (including phenoxy) is 1. The molecule has 0 saturated carbocycles. The number of aliphatic imine (C=N–C) groups is 1. The molecule has 0 atom stereocenters. The van der Waals surface area contributed by atoms with Crippen LogP contribution in [0.1, 0.15) is 18.2 Å². The second-order valence-electron chi connectivity index (χ2n) is 5.74. The van der Waals surface area contributed by atoms with E-state index in [4.69, 9.17) is 4.74 Å². The van der Waals surface area contributed by atoms with Crippen LogP contribution in [0.2, 0.25) is 0 Å². The number of rotatable bonds is 8. The minimum Gasteiger partial charge on any atom is -0.484 e. The number of halogens is 4. The standard InChI is InChI=1S/C19H23F3N4O.HI/c1-2-23-18(25-12-10-16-5-3-4-11-24-16)26-13-15-6-8-17(9-7-15)27-14-19(20,21)22;/h3-9,11H,2,10,12-14H2,1H3,(H2,23,25,26);1H. The van der Waals surface area contributed by atoms with Gasteiger partial charge in [-0.2, -0.15) is 13.2 Å². The van der Waals surface area contributed by atoms with Crippen LogP contribution in [-0.4, -0.2) is 36.8 Å². The van der Waals surface area contributed by atoms with Gasteiger partial charge in [0.05, 0.1) is 6.54 Å². The lowest BCUT2D eigenvalue weighted by Gasteiger charge is -2.11. The van der Waals surface area contributed by atoms with Crippen molar-refractivity contribution in [3.8, 4) is 5.75 Å². The summed E-state index contributed by atoms with van der Waals surface area (Å²) in [5.74, 6) is 0.853. The number of benzene rings is 1. The van der Waals surface area contributed by atoms with Crippen molar-refractivity contribution in [3.63, 3.8) is 0 Å². The minimum absolute atomic E-state index is 0. The van der Waals surface area contributed by atoms with E-state index in [1.54, 1.807) is 18.3 Å². The molecule has 0 saturated heterocycles. The molecule has 1 aromatic carbocycles. The molecule has 5 nitrogen and oxygen atoms in total. The predicted octanol–water partition coefficient (Wildman–Crippen LogP) is 3.94. The Labute approximate surface area is 179 Å². The average Bonchev–Trinajstić information content (AvgIpc) is 2.65. The van der Waals surface area contributed by atoms with Gasteiger partial charge in [0.2, 0.25) is 0 Å². The Kier molecular flexibility index (Phi) is 10.6. The van der Waals surface area contributed by atoms with Gasteiger partial charge in [0, 0.05) is 31.4 Å². The van der Waals surface area contributed by atoms with E-state index >= 15 is 0 Å². The number of guanidine groups is 1. The number of nitrogens with one attached hydrogen (secondary N) is 2. The van der Waals surface area contributed by atoms with Crippen molar-refractivity contribution in [1.29, 1.82) is 0 Å². The first kappa shape index (κ1) is 24.0. The van der Waals surface area contributed by atoms with Gasteiger partial charge in [-0.3, -0.25) is 4.98 Å². The smallest absolute Gasteiger partial charge is 0.422 e. The molecule has 0 aliphatic carbocycles. The zero-order valence-corrected chi connectivity index (χ0v) is 17.8. The van der Waals surface area contributed by atoms with E-state index in [1.165, 1.54) is 12.1 Å². The lowest BCUT2D eigenvalue weighted by molar-refractivity contribution is -0.153. The highest BCUT2D eigenvalue weighted by atomic mass is 127. The van der Waals surface area contributed by atoms with Crippen LogP contribution in [0.4, 0.5) is 13.2 Å². The van der Waals surface area contributed by atoms with Gasteiger partial charge in [-0.15, -0.1) is 24.0 Å². The van der Waals surface area contributed by atoms with Gasteiger partial charge < -0.3 is 15.4 Å². The highest BCUT2D eigenvalue weighted by molar-refractivity contribution is 14.0. The van der Waals surface area contributed by atoms with Gasteiger partial charge in [-0.1, -0.05) is 18.2 Å². The van der Waals surface area contributed by atoms with Gasteiger partial charge >= 0.3 is 6.18 Å². The highest BCUT2D eigenvalue weighted by Gasteiger charge is 2.28. The van der Waals surface area contributed by atoms with Crippen LogP contribution in [0.5, 0.6) is 5.75 Å². The SMILES string of the molecule is CCNC(=NCc1ccc(OCC(F)(F)F)cc1)NCCc1ccccn1.I. The molecular formula is C19H24F3IN4O. The second-order valence-corrected chi connectivity index (χ2v) is 5.74. The van der Waals surface area contributed by atoms with Gasteiger partial charge in [0.15, 0.2) is 12.6 Å². The second kappa shape index (κ2) is 12.4. The average molecular weight is 508 g/mol. The molecule has 0 bridgehead atoms. The minimum atomic E-state index is -4.34. The fourth-order valence-corrected chi connectivity index (χ4v) is 2.22. The molecule has 2 N–H and O–H groups in total. The first-order chi connectivity index (χ1) is 13.0. The summed E-state index contributed by atoms with van der Waals surface area (Å²) >= 11 is 0. The van der Waals surface area contributed by atoms with Crippen LogP contribution in [0, 0.1) is 0 Å². The lowest BCUT2D eigenvalue weighted by Crippen LogP contribution is -2.38. The van der Waals surface area contributed by atoms with Gasteiger partial charge in [-0.05, 0) is 36.8 Å². The quantitative estimate of drug-likeness (QED) is 0.323. The molecule has 9 heteroatoms. The fraction of sp³-hybridized carbons (Fsp3) is 0.368. The largest absolute Gasteiger partial charge is 0.484 e. The highest BCUT2D eigenvalue weighted by Crippen LogP contribution is 2.19. The van der Waals surface area contributed by atoms with Crippen molar-refractivity contribution in [2.45, 2.75) is 26.1 Å². The third-order valence-corrected chi connectivity index (χ3v) is 3.49. The zero-order chi connectivity index (χ0) is 19.5. The maximum Gasteiger partial charge on any atom is 0.422 e. The molecule has 0 aliphatic heterocycles. The molecule has 0 amide bonds. The third-order valence-electron chi connectivity index (χ3n) is 3.49. The van der Waals surface area contributed by atoms with Crippen molar-refractivity contribution in [2.24, 2.45) is 4.99 Å². The first-order valence-corrected chi connectivity index (χ1v) is 8.67. The molecule has 1 heterocycles. The van der Waals surface area contributed by atoms with Crippen molar-refractivity contribution in [1.82, 2.24) is 15.6 Å². The predicted molar refractivity (Wildman–Crippen MR) is 114 cm³/mol. The normalized spacial score (nSPS) is 11.5. The van der Waals surface area contributed by atoms with Gasteiger partial charge in [-0.25, -0.2) is 4.99 Å². The summed E-state index contributed by atoms with van der Waals surface area (Å²) < 4.78 is 41.2. The summed E-state index contributed by atoms with van der Waals surface area (Å²) in [4.78, 5) is 8.75. The van der Waals surface area contributed by atoms with Crippen molar-refractivity contribution in [3.05, 3.63) is 59.9 Å². The molecule has 0 aliphatic rings. The number of nitrogens with zero attached hydrogens (tertiary/aromatic N) is 2. The van der Waals surface area contributed by atoms with Crippen LogP contribution in [0.3, 0.4) is 0 Å². The molecule has 0 radical (unpaired) electrons. The first-order valence-electron chi connectivity index (χ1n) is 8.67. The van der Waals surface area contributed by atoms with Crippen LogP contribution in [0.15, 0.2) is 53.7 Å². The number of hydrogen-bond acceptors (Lipinski definition) is 3. The van der Waals surface area contributed by atoms with Crippen molar-refractivity contribution in [2.75, 3.05) is 19.7 Å². The van der Waals surface area contributed by atoms with E-state index in [2.05, 4.69) is 20.6 Å². The Morgan fingerprint density at radius 1 is 1.11 bits per heavy atom. The van der Waals surface area contributed by atoms with Crippen molar-refractivity contribution >= 4 is 29.9 Å². The summed E-state index contributed by atoms with van der Waals surface area (Å²) in [7, 11) is 0.